The molecule has 0 amide bonds. The van der Waals surface area contributed by atoms with Gasteiger partial charge >= 0.3 is 0 Å². The first-order valence-electron chi connectivity index (χ1n) is 13.0. The molecule has 0 saturated carbocycles. The van der Waals surface area contributed by atoms with Gasteiger partial charge in [0.1, 0.15) is 12.4 Å². The molecule has 0 N–H and O–H groups in total. The largest absolute Gasteiger partial charge is 0.488 e. The van der Waals surface area contributed by atoms with E-state index in [-0.39, 0.29) is 0 Å². The van der Waals surface area contributed by atoms with Gasteiger partial charge in [-0.3, -0.25) is 4.99 Å². The molecule has 1 atom stereocenters. The van der Waals surface area contributed by atoms with Crippen molar-refractivity contribution in [3.05, 3.63) is 161 Å². The normalized spacial score (nSPS) is 11.4. The number of ether oxygens (including phenoxy) is 1. The van der Waals surface area contributed by atoms with Crippen molar-refractivity contribution in [1.82, 2.24) is 0 Å². The molecule has 5 aromatic rings. The highest BCUT2D eigenvalue weighted by Crippen LogP contribution is 2.30. The minimum Gasteiger partial charge on any atom is -0.488 e. The molecule has 5 rings (SSSR count). The molecule has 3 heteroatoms. The summed E-state index contributed by atoms with van der Waals surface area (Å²) in [4.78, 5) is 4.30. The molecule has 0 bridgehead atoms. The van der Waals surface area contributed by atoms with Gasteiger partial charge in [0.05, 0.1) is 0 Å². The van der Waals surface area contributed by atoms with Crippen molar-refractivity contribution < 1.29 is 4.74 Å². The highest BCUT2D eigenvalue weighted by Gasteiger charge is 2.16. The Morgan fingerprint density at radius 3 is 1.84 bits per heavy atom. The van der Waals surface area contributed by atoms with E-state index in [1.165, 1.54) is 38.4 Å². The van der Waals surface area contributed by atoms with Crippen molar-refractivity contribution in [1.29, 1.82) is 0 Å². The fourth-order valence-corrected chi connectivity index (χ4v) is 6.00. The van der Waals surface area contributed by atoms with Crippen molar-refractivity contribution in [2.24, 2.45) is 4.99 Å². The average Bonchev–Trinajstić information content (AvgIpc) is 2.95. The van der Waals surface area contributed by atoms with E-state index in [0.717, 1.165) is 24.2 Å². The molecule has 0 aromatic heterocycles. The first kappa shape index (κ1) is 25.6. The number of aliphatic imine (C=N–C) groups is 1. The van der Waals surface area contributed by atoms with Crippen LogP contribution >= 0.6 is 8.58 Å². The molecule has 0 aliphatic rings. The average molecular weight is 514 g/mol. The van der Waals surface area contributed by atoms with Gasteiger partial charge < -0.3 is 4.74 Å². The first-order chi connectivity index (χ1) is 18.8. The molecule has 0 heterocycles. The lowest BCUT2D eigenvalue weighted by atomic mass is 9.98. The summed E-state index contributed by atoms with van der Waals surface area (Å²) in [6.45, 7) is 0.538. The Morgan fingerprint density at radius 2 is 1.18 bits per heavy atom. The highest BCUT2D eigenvalue weighted by molar-refractivity contribution is 7.56. The predicted molar refractivity (Wildman–Crippen MR) is 163 cm³/mol. The molecular formula is C35H32NOP. The van der Waals surface area contributed by atoms with Gasteiger partial charge in [-0.25, -0.2) is 0 Å². The third-order valence-corrected chi connectivity index (χ3v) is 7.80. The molecule has 0 saturated heterocycles. The zero-order valence-electron chi connectivity index (χ0n) is 21.7. The maximum absolute atomic E-state index is 6.68. The zero-order chi connectivity index (χ0) is 26.0. The lowest BCUT2D eigenvalue weighted by molar-refractivity contribution is 0.306. The Hall–Kier alpha value is -4.00. The number of benzene rings is 5. The van der Waals surface area contributed by atoms with Crippen LogP contribution in [0.25, 0.3) is 0 Å². The van der Waals surface area contributed by atoms with E-state index in [2.05, 4.69) is 126 Å². The van der Waals surface area contributed by atoms with Crippen LogP contribution < -0.4 is 15.3 Å². The third kappa shape index (κ3) is 6.85. The van der Waals surface area contributed by atoms with E-state index in [0.29, 0.717) is 15.2 Å². The number of rotatable bonds is 10. The maximum Gasteiger partial charge on any atom is 0.131 e. The molecule has 0 radical (unpaired) electrons. The van der Waals surface area contributed by atoms with Crippen LogP contribution in [0.15, 0.2) is 132 Å². The van der Waals surface area contributed by atoms with Crippen molar-refractivity contribution in [3.8, 4) is 5.75 Å². The summed E-state index contributed by atoms with van der Waals surface area (Å²) in [5.41, 5.74) is 7.44. The minimum atomic E-state index is 0.450. The van der Waals surface area contributed by atoms with E-state index >= 15 is 0 Å². The van der Waals surface area contributed by atoms with E-state index in [9.17, 15) is 0 Å². The quantitative estimate of drug-likeness (QED) is 0.144. The first-order valence-corrected chi connectivity index (χ1v) is 14.0. The van der Waals surface area contributed by atoms with Gasteiger partial charge in [-0.15, -0.1) is 0 Å². The Labute approximate surface area is 227 Å². The second-order valence-electron chi connectivity index (χ2n) is 9.33. The van der Waals surface area contributed by atoms with E-state index in [1.54, 1.807) is 0 Å². The molecule has 0 spiro atoms. The van der Waals surface area contributed by atoms with Crippen LogP contribution in [-0.2, 0) is 19.4 Å². The van der Waals surface area contributed by atoms with E-state index in [1.807, 2.05) is 19.3 Å². The second kappa shape index (κ2) is 13.0. The number of hydrogen-bond donors (Lipinski definition) is 0. The Kier molecular flexibility index (Phi) is 8.77. The zero-order valence-corrected chi connectivity index (χ0v) is 22.7. The molecule has 2 nitrogen and oxygen atoms in total. The molecule has 1 unspecified atom stereocenters. The van der Waals surface area contributed by atoms with Crippen LogP contribution in [0.1, 0.15) is 33.4 Å². The third-order valence-electron chi connectivity index (χ3n) is 6.44. The van der Waals surface area contributed by atoms with Gasteiger partial charge in [-0.05, 0) is 51.2 Å². The molecule has 0 aliphatic heterocycles. The summed E-state index contributed by atoms with van der Waals surface area (Å²) in [6, 6.07) is 45.0. The topological polar surface area (TPSA) is 21.6 Å². The summed E-state index contributed by atoms with van der Waals surface area (Å²) in [7, 11) is 2.28. The van der Waals surface area contributed by atoms with Crippen LogP contribution in [0, 0.1) is 0 Å². The fourth-order valence-electron chi connectivity index (χ4n) is 4.64. The smallest absolute Gasteiger partial charge is 0.131 e. The van der Waals surface area contributed by atoms with Gasteiger partial charge in [0.25, 0.3) is 0 Å². The van der Waals surface area contributed by atoms with E-state index in [4.69, 9.17) is 4.74 Å². The number of nitrogens with zero attached hydrogens (tertiary/aromatic N) is 1. The minimum absolute atomic E-state index is 0.450. The molecule has 0 aliphatic carbocycles. The monoisotopic (exact) mass is 513 g/mol. The molecule has 38 heavy (non-hydrogen) atoms. The van der Waals surface area contributed by atoms with Gasteiger partial charge in [0, 0.05) is 25.0 Å². The standard InChI is InChI=1S/C35H32NOP/c1-36-25-31-19-11-12-20-33(31)38-34-24-30(21-27-13-5-2-6-14-27)23-32(22-28-15-7-3-8-16-28)35(34)37-26-29-17-9-4-10-18-29/h2-20,23-25,38H,21-22,26H2,1H3. The summed E-state index contributed by atoms with van der Waals surface area (Å²) in [5, 5.41) is 2.50. The Morgan fingerprint density at radius 1 is 0.605 bits per heavy atom. The van der Waals surface area contributed by atoms with Crippen LogP contribution in [0.2, 0.25) is 0 Å². The van der Waals surface area contributed by atoms with Gasteiger partial charge in [-0.1, -0.05) is 130 Å². The van der Waals surface area contributed by atoms with Gasteiger partial charge in [0.2, 0.25) is 0 Å². The summed E-state index contributed by atoms with van der Waals surface area (Å²) in [5.74, 6) is 0.996. The van der Waals surface area contributed by atoms with Gasteiger partial charge in [0.15, 0.2) is 0 Å². The summed E-state index contributed by atoms with van der Waals surface area (Å²) < 4.78 is 6.68. The molecule has 0 fully saturated rings. The van der Waals surface area contributed by atoms with Crippen LogP contribution in [0.5, 0.6) is 5.75 Å². The van der Waals surface area contributed by atoms with E-state index < -0.39 is 0 Å². The van der Waals surface area contributed by atoms with Crippen LogP contribution in [0.3, 0.4) is 0 Å². The van der Waals surface area contributed by atoms with Crippen molar-refractivity contribution >= 4 is 25.4 Å². The van der Waals surface area contributed by atoms with Crippen LogP contribution in [-0.4, -0.2) is 13.3 Å². The molecular weight excluding hydrogens is 481 g/mol. The van der Waals surface area contributed by atoms with Gasteiger partial charge in [-0.2, -0.15) is 0 Å². The van der Waals surface area contributed by atoms with Crippen molar-refractivity contribution in [2.75, 3.05) is 7.05 Å². The summed E-state index contributed by atoms with van der Waals surface area (Å²) in [6.07, 6.45) is 3.66. The number of hydrogen-bond acceptors (Lipinski definition) is 2. The SMILES string of the molecule is CN=Cc1ccccc1Pc1cc(Cc2ccccc2)cc(Cc2ccccc2)c1OCc1ccccc1. The Bertz CT molecular complexity index is 1480. The predicted octanol–water partition coefficient (Wildman–Crippen LogP) is 7.13. The Balaban J connectivity index is 1.60. The summed E-state index contributed by atoms with van der Waals surface area (Å²) >= 11 is 0. The lowest BCUT2D eigenvalue weighted by Crippen LogP contribution is -2.15. The molecule has 188 valence electrons. The highest BCUT2D eigenvalue weighted by atomic mass is 31.1. The lowest BCUT2D eigenvalue weighted by Gasteiger charge is -2.19. The molecule has 5 aromatic carbocycles. The van der Waals surface area contributed by atoms with Crippen molar-refractivity contribution in [2.45, 2.75) is 19.4 Å². The van der Waals surface area contributed by atoms with Crippen LogP contribution in [0.4, 0.5) is 0 Å². The maximum atomic E-state index is 6.68. The van der Waals surface area contributed by atoms with Crippen molar-refractivity contribution in [3.63, 3.8) is 0 Å². The fraction of sp³-hybridized carbons (Fsp3) is 0.114. The second-order valence-corrected chi connectivity index (χ2v) is 10.7.